The van der Waals surface area contributed by atoms with E-state index in [0.717, 1.165) is 31.2 Å². The van der Waals surface area contributed by atoms with Crippen molar-refractivity contribution in [2.45, 2.75) is 39.7 Å². The van der Waals surface area contributed by atoms with Crippen LogP contribution in [0.3, 0.4) is 0 Å². The van der Waals surface area contributed by atoms with E-state index in [2.05, 4.69) is 18.7 Å². The molecule has 0 aliphatic carbocycles. The molecule has 1 aliphatic heterocycles. The van der Waals surface area contributed by atoms with E-state index < -0.39 is 0 Å². The van der Waals surface area contributed by atoms with Crippen molar-refractivity contribution in [3.8, 4) is 0 Å². The van der Waals surface area contributed by atoms with E-state index in [1.807, 2.05) is 6.92 Å². The molecule has 0 N–H and O–H groups in total. The Balaban J connectivity index is 2.46. The average molecular weight is 183 g/mol. The third kappa shape index (κ3) is 2.80. The topological polar surface area (TPSA) is 20.3 Å². The monoisotopic (exact) mass is 183 g/mol. The molecule has 2 nitrogen and oxygen atoms in total. The minimum Gasteiger partial charge on any atom is -0.302 e. The van der Waals surface area contributed by atoms with Crippen LogP contribution in [0.25, 0.3) is 0 Å². The summed E-state index contributed by atoms with van der Waals surface area (Å²) in [7, 11) is 0. The number of carbonyl (C=O) groups excluding carboxylic acids is 1. The molecule has 0 bridgehead atoms. The first kappa shape index (κ1) is 10.7. The zero-order valence-electron chi connectivity index (χ0n) is 8.99. The SMILES string of the molecule is CC(C)C1CCCN(C(C)C=O)C1. The van der Waals surface area contributed by atoms with E-state index >= 15 is 0 Å². The first-order valence-corrected chi connectivity index (χ1v) is 5.34. The molecule has 1 rings (SSSR count). The van der Waals surface area contributed by atoms with Crippen LogP contribution in [-0.4, -0.2) is 30.3 Å². The predicted octanol–water partition coefficient (Wildman–Crippen LogP) is 1.94. The maximum atomic E-state index is 10.6. The van der Waals surface area contributed by atoms with Gasteiger partial charge >= 0.3 is 0 Å². The Hall–Kier alpha value is -0.370. The van der Waals surface area contributed by atoms with Gasteiger partial charge in [-0.2, -0.15) is 0 Å². The van der Waals surface area contributed by atoms with Gasteiger partial charge in [-0.05, 0) is 38.1 Å². The Bertz CT molecular complexity index is 167. The lowest BCUT2D eigenvalue weighted by molar-refractivity contribution is -0.112. The second-order valence-corrected chi connectivity index (χ2v) is 4.52. The second kappa shape index (κ2) is 4.75. The third-order valence-corrected chi connectivity index (χ3v) is 3.20. The fourth-order valence-electron chi connectivity index (χ4n) is 2.04. The number of carbonyl (C=O) groups is 1. The van der Waals surface area contributed by atoms with Crippen molar-refractivity contribution in [1.29, 1.82) is 0 Å². The van der Waals surface area contributed by atoms with Gasteiger partial charge in [0.05, 0.1) is 6.04 Å². The molecule has 13 heavy (non-hydrogen) atoms. The fraction of sp³-hybridized carbons (Fsp3) is 0.909. The van der Waals surface area contributed by atoms with Crippen LogP contribution in [-0.2, 0) is 4.79 Å². The molecular formula is C11H21NO. The lowest BCUT2D eigenvalue weighted by Crippen LogP contribution is -2.43. The van der Waals surface area contributed by atoms with E-state index in [9.17, 15) is 4.79 Å². The molecule has 2 atom stereocenters. The number of hydrogen-bond acceptors (Lipinski definition) is 2. The third-order valence-electron chi connectivity index (χ3n) is 3.20. The lowest BCUT2D eigenvalue weighted by Gasteiger charge is -2.36. The zero-order chi connectivity index (χ0) is 9.84. The molecule has 0 aromatic heterocycles. The summed E-state index contributed by atoms with van der Waals surface area (Å²) in [4.78, 5) is 12.9. The molecule has 76 valence electrons. The van der Waals surface area contributed by atoms with Crippen LogP contribution in [0.15, 0.2) is 0 Å². The van der Waals surface area contributed by atoms with E-state index in [-0.39, 0.29) is 6.04 Å². The van der Waals surface area contributed by atoms with Crippen LogP contribution < -0.4 is 0 Å². The van der Waals surface area contributed by atoms with Crippen molar-refractivity contribution >= 4 is 6.29 Å². The minimum atomic E-state index is 0.113. The molecular weight excluding hydrogens is 162 g/mol. The minimum absolute atomic E-state index is 0.113. The molecule has 1 aliphatic rings. The maximum absolute atomic E-state index is 10.6. The molecule has 0 amide bonds. The molecule has 0 aromatic rings. The average Bonchev–Trinajstić information content (AvgIpc) is 2.17. The van der Waals surface area contributed by atoms with Crippen LogP contribution in [0.4, 0.5) is 0 Å². The molecule has 0 radical (unpaired) electrons. The summed E-state index contributed by atoms with van der Waals surface area (Å²) in [6.07, 6.45) is 3.64. The molecule has 1 saturated heterocycles. The van der Waals surface area contributed by atoms with Gasteiger partial charge in [0.2, 0.25) is 0 Å². The Labute approximate surface area is 81.3 Å². The van der Waals surface area contributed by atoms with Gasteiger partial charge in [0.25, 0.3) is 0 Å². The van der Waals surface area contributed by atoms with Gasteiger partial charge in [-0.25, -0.2) is 0 Å². The molecule has 0 saturated carbocycles. The zero-order valence-corrected chi connectivity index (χ0v) is 8.99. The van der Waals surface area contributed by atoms with Gasteiger partial charge in [-0.3, -0.25) is 4.90 Å². The van der Waals surface area contributed by atoms with Gasteiger partial charge in [0, 0.05) is 6.54 Å². The number of hydrogen-bond donors (Lipinski definition) is 0. The summed E-state index contributed by atoms with van der Waals surface area (Å²) in [6.45, 7) is 8.76. The smallest absolute Gasteiger partial charge is 0.136 e. The Morgan fingerprint density at radius 2 is 2.08 bits per heavy atom. The number of piperidine rings is 1. The summed E-state index contributed by atoms with van der Waals surface area (Å²) in [6, 6.07) is 0.113. The number of rotatable bonds is 3. The Kier molecular flexibility index (Phi) is 3.91. The first-order chi connectivity index (χ1) is 6.15. The lowest BCUT2D eigenvalue weighted by atomic mass is 9.87. The first-order valence-electron chi connectivity index (χ1n) is 5.34. The van der Waals surface area contributed by atoms with Crippen molar-refractivity contribution < 1.29 is 4.79 Å². The van der Waals surface area contributed by atoms with E-state index in [1.165, 1.54) is 12.8 Å². The van der Waals surface area contributed by atoms with Crippen LogP contribution >= 0.6 is 0 Å². The standard InChI is InChI=1S/C11H21NO/c1-9(2)11-5-4-6-12(7-11)10(3)8-13/h8-11H,4-7H2,1-3H3. The van der Waals surface area contributed by atoms with Crippen LogP contribution in [0.1, 0.15) is 33.6 Å². The molecule has 0 spiro atoms. The summed E-state index contributed by atoms with van der Waals surface area (Å²) in [5.41, 5.74) is 0. The summed E-state index contributed by atoms with van der Waals surface area (Å²) in [5, 5.41) is 0. The van der Waals surface area contributed by atoms with Crippen LogP contribution in [0.2, 0.25) is 0 Å². The maximum Gasteiger partial charge on any atom is 0.136 e. The predicted molar refractivity (Wildman–Crippen MR) is 54.7 cm³/mol. The van der Waals surface area contributed by atoms with Crippen molar-refractivity contribution in [2.24, 2.45) is 11.8 Å². The quantitative estimate of drug-likeness (QED) is 0.623. The molecule has 2 unspecified atom stereocenters. The number of aldehydes is 1. The molecule has 1 fully saturated rings. The van der Waals surface area contributed by atoms with E-state index in [0.29, 0.717) is 0 Å². The van der Waals surface area contributed by atoms with Crippen LogP contribution in [0, 0.1) is 11.8 Å². The van der Waals surface area contributed by atoms with Gasteiger partial charge in [0.1, 0.15) is 6.29 Å². The molecule has 2 heteroatoms. The fourth-order valence-corrected chi connectivity index (χ4v) is 2.04. The van der Waals surface area contributed by atoms with Crippen molar-refractivity contribution in [3.05, 3.63) is 0 Å². The van der Waals surface area contributed by atoms with Crippen molar-refractivity contribution in [2.75, 3.05) is 13.1 Å². The Morgan fingerprint density at radius 3 is 2.62 bits per heavy atom. The highest BCUT2D eigenvalue weighted by molar-refractivity contribution is 5.56. The normalized spacial score (nSPS) is 27.5. The van der Waals surface area contributed by atoms with Crippen LogP contribution in [0.5, 0.6) is 0 Å². The van der Waals surface area contributed by atoms with Crippen molar-refractivity contribution in [3.63, 3.8) is 0 Å². The number of nitrogens with zero attached hydrogens (tertiary/aromatic N) is 1. The highest BCUT2D eigenvalue weighted by atomic mass is 16.1. The molecule has 0 aromatic carbocycles. The summed E-state index contributed by atoms with van der Waals surface area (Å²) >= 11 is 0. The van der Waals surface area contributed by atoms with E-state index in [1.54, 1.807) is 0 Å². The van der Waals surface area contributed by atoms with Crippen molar-refractivity contribution in [1.82, 2.24) is 4.90 Å². The molecule has 1 heterocycles. The second-order valence-electron chi connectivity index (χ2n) is 4.52. The highest BCUT2D eigenvalue weighted by Gasteiger charge is 2.24. The van der Waals surface area contributed by atoms with E-state index in [4.69, 9.17) is 0 Å². The summed E-state index contributed by atoms with van der Waals surface area (Å²) < 4.78 is 0. The Morgan fingerprint density at radius 1 is 1.38 bits per heavy atom. The highest BCUT2D eigenvalue weighted by Crippen LogP contribution is 2.24. The van der Waals surface area contributed by atoms with Gasteiger partial charge in [-0.1, -0.05) is 13.8 Å². The summed E-state index contributed by atoms with van der Waals surface area (Å²) in [5.74, 6) is 1.54. The number of likely N-dealkylation sites (tertiary alicyclic amines) is 1. The van der Waals surface area contributed by atoms with Gasteiger partial charge < -0.3 is 4.79 Å². The largest absolute Gasteiger partial charge is 0.302 e. The van der Waals surface area contributed by atoms with Gasteiger partial charge in [-0.15, -0.1) is 0 Å². The van der Waals surface area contributed by atoms with Gasteiger partial charge in [0.15, 0.2) is 0 Å².